The van der Waals surface area contributed by atoms with Gasteiger partial charge in [0.15, 0.2) is 5.69 Å². The van der Waals surface area contributed by atoms with E-state index in [1.54, 1.807) is 10.3 Å². The van der Waals surface area contributed by atoms with Crippen molar-refractivity contribution in [2.75, 3.05) is 12.4 Å². The lowest BCUT2D eigenvalue weighted by atomic mass is 10.1. The Morgan fingerprint density at radius 2 is 2.00 bits per heavy atom. The van der Waals surface area contributed by atoms with E-state index in [9.17, 15) is 9.59 Å². The second-order valence-electron chi connectivity index (χ2n) is 6.07. The van der Waals surface area contributed by atoms with Crippen LogP contribution in [0.5, 0.6) is 0 Å². The number of amides is 2. The lowest BCUT2D eigenvalue weighted by Crippen LogP contribution is -2.39. The predicted octanol–water partition coefficient (Wildman–Crippen LogP) is 3.99. The summed E-state index contributed by atoms with van der Waals surface area (Å²) in [5.74, 6) is -0.474. The Labute approximate surface area is 151 Å². The smallest absolute Gasteiger partial charge is 0.357 e. The van der Waals surface area contributed by atoms with Crippen LogP contribution in [-0.4, -0.2) is 35.0 Å². The van der Waals surface area contributed by atoms with Crippen LogP contribution in [0.1, 0.15) is 40.5 Å². The van der Waals surface area contributed by atoms with Gasteiger partial charge in [-0.25, -0.2) is 14.6 Å². The van der Waals surface area contributed by atoms with E-state index in [2.05, 4.69) is 15.0 Å². The summed E-state index contributed by atoms with van der Waals surface area (Å²) in [5, 5.41) is 5.25. The normalized spacial score (nSPS) is 10.6. The highest BCUT2D eigenvalue weighted by Gasteiger charge is 2.20. The first kappa shape index (κ1) is 18.9. The van der Waals surface area contributed by atoms with E-state index < -0.39 is 5.97 Å². The fraction of sp³-hybridized carbons (Fsp3) is 0.389. The number of hydrogen-bond donors (Lipinski definition) is 1. The van der Waals surface area contributed by atoms with Crippen molar-refractivity contribution in [2.45, 2.75) is 40.3 Å². The van der Waals surface area contributed by atoms with Crippen LogP contribution in [0.2, 0.25) is 0 Å². The average Bonchev–Trinajstić information content (AvgIpc) is 3.03. The maximum Gasteiger partial charge on any atom is 0.357 e. The molecule has 2 rings (SSSR count). The Morgan fingerprint density at radius 1 is 1.28 bits per heavy atom. The van der Waals surface area contributed by atoms with Crippen LogP contribution < -0.4 is 5.32 Å². The minimum atomic E-state index is -0.474. The number of anilines is 1. The number of nitrogens with one attached hydrogen (secondary N) is 1. The zero-order valence-corrected chi connectivity index (χ0v) is 15.9. The minimum absolute atomic E-state index is 0.0166. The summed E-state index contributed by atoms with van der Waals surface area (Å²) < 4.78 is 4.66. The van der Waals surface area contributed by atoms with Crippen molar-refractivity contribution < 1.29 is 14.3 Å². The third-order valence-electron chi connectivity index (χ3n) is 3.89. The molecule has 2 aromatic rings. The maximum absolute atomic E-state index is 12.7. The van der Waals surface area contributed by atoms with Crippen LogP contribution in [0.15, 0.2) is 23.6 Å². The molecule has 1 aromatic carbocycles. The number of rotatable bonds is 5. The molecule has 25 heavy (non-hydrogen) atoms. The van der Waals surface area contributed by atoms with Gasteiger partial charge in [-0.05, 0) is 51.0 Å². The van der Waals surface area contributed by atoms with Gasteiger partial charge in [-0.2, -0.15) is 0 Å². The molecule has 0 atom stereocenters. The number of thiazole rings is 1. The number of urea groups is 1. The van der Waals surface area contributed by atoms with E-state index in [1.165, 1.54) is 24.0 Å². The molecule has 0 aliphatic heterocycles. The Balaban J connectivity index is 2.11. The molecule has 0 unspecified atom stereocenters. The first-order valence-corrected chi connectivity index (χ1v) is 8.87. The number of aromatic nitrogens is 1. The number of ether oxygens (including phenoxy) is 1. The highest BCUT2D eigenvalue weighted by Crippen LogP contribution is 2.18. The SMILES string of the molecule is COC(=O)c1csc(CN(C(=O)Nc2ccc(C)c(C)c2)C(C)C)n1. The second kappa shape index (κ2) is 8.11. The van der Waals surface area contributed by atoms with Gasteiger partial charge in [0, 0.05) is 17.1 Å². The first-order valence-electron chi connectivity index (χ1n) is 7.99. The molecule has 0 saturated carbocycles. The summed E-state index contributed by atoms with van der Waals surface area (Å²) in [6.45, 7) is 8.25. The van der Waals surface area contributed by atoms with Gasteiger partial charge in [0.1, 0.15) is 5.01 Å². The van der Waals surface area contributed by atoms with E-state index in [0.29, 0.717) is 11.6 Å². The summed E-state index contributed by atoms with van der Waals surface area (Å²) >= 11 is 1.33. The third-order valence-corrected chi connectivity index (χ3v) is 4.73. The van der Waals surface area contributed by atoms with E-state index in [-0.39, 0.29) is 17.8 Å². The zero-order chi connectivity index (χ0) is 18.6. The molecule has 0 radical (unpaired) electrons. The van der Waals surface area contributed by atoms with E-state index in [4.69, 9.17) is 0 Å². The molecule has 0 fully saturated rings. The second-order valence-corrected chi connectivity index (χ2v) is 7.01. The van der Waals surface area contributed by atoms with Gasteiger partial charge in [0.2, 0.25) is 0 Å². The van der Waals surface area contributed by atoms with Crippen LogP contribution in [0.3, 0.4) is 0 Å². The lowest BCUT2D eigenvalue weighted by Gasteiger charge is -2.26. The van der Waals surface area contributed by atoms with Crippen LogP contribution in [0.25, 0.3) is 0 Å². The number of benzene rings is 1. The summed E-state index contributed by atoms with van der Waals surface area (Å²) in [6, 6.07) is 5.60. The van der Waals surface area contributed by atoms with Crippen molar-refractivity contribution >= 4 is 29.0 Å². The summed E-state index contributed by atoms with van der Waals surface area (Å²) in [4.78, 5) is 30.1. The zero-order valence-electron chi connectivity index (χ0n) is 15.1. The minimum Gasteiger partial charge on any atom is -0.464 e. The summed E-state index contributed by atoms with van der Waals surface area (Å²) in [6.07, 6.45) is 0. The molecular formula is C18H23N3O3S. The molecule has 134 valence electrons. The third kappa shape index (κ3) is 4.79. The number of hydrogen-bond acceptors (Lipinski definition) is 5. The van der Waals surface area contributed by atoms with Gasteiger partial charge >= 0.3 is 12.0 Å². The average molecular weight is 361 g/mol. The highest BCUT2D eigenvalue weighted by molar-refractivity contribution is 7.09. The van der Waals surface area contributed by atoms with E-state index in [0.717, 1.165) is 11.3 Å². The first-order chi connectivity index (χ1) is 11.8. The topological polar surface area (TPSA) is 71.5 Å². The Kier molecular flexibility index (Phi) is 6.14. The van der Waals surface area contributed by atoms with Crippen molar-refractivity contribution in [2.24, 2.45) is 0 Å². The summed E-state index contributed by atoms with van der Waals surface area (Å²) in [7, 11) is 1.32. The fourth-order valence-corrected chi connectivity index (χ4v) is 2.99. The van der Waals surface area contributed by atoms with Crippen LogP contribution >= 0.6 is 11.3 Å². The largest absolute Gasteiger partial charge is 0.464 e. The van der Waals surface area contributed by atoms with Crippen molar-refractivity contribution in [3.05, 3.63) is 45.4 Å². The number of esters is 1. The maximum atomic E-state index is 12.7. The molecule has 0 saturated heterocycles. The fourth-order valence-electron chi connectivity index (χ4n) is 2.23. The Hall–Kier alpha value is -2.41. The van der Waals surface area contributed by atoms with Crippen molar-refractivity contribution in [1.29, 1.82) is 0 Å². The molecule has 0 bridgehead atoms. The Bertz CT molecular complexity index is 771. The molecule has 6 nitrogen and oxygen atoms in total. The van der Waals surface area contributed by atoms with Gasteiger partial charge in [-0.1, -0.05) is 6.07 Å². The number of methoxy groups -OCH3 is 1. The molecule has 2 amide bonds. The highest BCUT2D eigenvalue weighted by atomic mass is 32.1. The monoisotopic (exact) mass is 361 g/mol. The van der Waals surface area contributed by atoms with E-state index >= 15 is 0 Å². The molecule has 1 aromatic heterocycles. The molecule has 1 heterocycles. The molecule has 0 spiro atoms. The van der Waals surface area contributed by atoms with Gasteiger partial charge in [0.05, 0.1) is 13.7 Å². The Morgan fingerprint density at radius 3 is 2.60 bits per heavy atom. The standard InChI is InChI=1S/C18H23N3O3S/c1-11(2)21(9-16-20-15(10-25-16)17(22)24-5)18(23)19-14-7-6-12(3)13(4)8-14/h6-8,10-11H,9H2,1-5H3,(H,19,23). The lowest BCUT2D eigenvalue weighted by molar-refractivity contribution is 0.0594. The number of aryl methyl sites for hydroxylation is 2. The van der Waals surface area contributed by atoms with Crippen LogP contribution in [0, 0.1) is 13.8 Å². The quantitative estimate of drug-likeness (QED) is 0.818. The molecule has 0 aliphatic rings. The van der Waals surface area contributed by atoms with Crippen molar-refractivity contribution in [3.8, 4) is 0 Å². The van der Waals surface area contributed by atoms with Crippen molar-refractivity contribution in [1.82, 2.24) is 9.88 Å². The molecule has 1 N–H and O–H groups in total. The molecule has 0 aliphatic carbocycles. The number of nitrogens with zero attached hydrogens (tertiary/aromatic N) is 2. The van der Waals surface area contributed by atoms with Gasteiger partial charge < -0.3 is 15.0 Å². The van der Waals surface area contributed by atoms with Gasteiger partial charge in [-0.15, -0.1) is 11.3 Å². The van der Waals surface area contributed by atoms with E-state index in [1.807, 2.05) is 45.9 Å². The summed E-state index contributed by atoms with van der Waals surface area (Å²) in [5.41, 5.74) is 3.32. The van der Waals surface area contributed by atoms with Crippen LogP contribution in [0.4, 0.5) is 10.5 Å². The number of carbonyl (C=O) groups is 2. The van der Waals surface area contributed by atoms with Crippen molar-refractivity contribution in [3.63, 3.8) is 0 Å². The van der Waals surface area contributed by atoms with Crippen LogP contribution in [-0.2, 0) is 11.3 Å². The number of carbonyl (C=O) groups excluding carboxylic acids is 2. The van der Waals surface area contributed by atoms with Gasteiger partial charge in [0.25, 0.3) is 0 Å². The molecular weight excluding hydrogens is 338 g/mol. The predicted molar refractivity (Wildman–Crippen MR) is 99.1 cm³/mol. The van der Waals surface area contributed by atoms with Gasteiger partial charge in [-0.3, -0.25) is 0 Å². The molecule has 7 heteroatoms.